The van der Waals surface area contributed by atoms with E-state index in [0.29, 0.717) is 30.3 Å². The number of hydrogen-bond donors (Lipinski definition) is 2. The van der Waals surface area contributed by atoms with Gasteiger partial charge in [-0.25, -0.2) is 4.79 Å². The lowest BCUT2D eigenvalue weighted by atomic mass is 10.2. The molecule has 0 aliphatic heterocycles. The Labute approximate surface area is 148 Å². The lowest BCUT2D eigenvalue weighted by molar-refractivity contribution is 0.247. The Kier molecular flexibility index (Phi) is 6.95. The van der Waals surface area contributed by atoms with Gasteiger partial charge in [-0.05, 0) is 36.2 Å². The number of nitrogens with one attached hydrogen (secondary N) is 2. The van der Waals surface area contributed by atoms with Crippen LogP contribution in [-0.2, 0) is 6.42 Å². The molecule has 6 nitrogen and oxygen atoms in total. The number of anilines is 1. The number of aryl methyl sites for hydroxylation is 1. The molecular formula is C19H24N2O4. The summed E-state index contributed by atoms with van der Waals surface area (Å²) in [4.78, 5) is 12.0. The zero-order valence-corrected chi connectivity index (χ0v) is 14.8. The summed E-state index contributed by atoms with van der Waals surface area (Å²) in [6.45, 7) is 2.86. The highest BCUT2D eigenvalue weighted by atomic mass is 16.5. The van der Waals surface area contributed by atoms with E-state index in [2.05, 4.69) is 23.6 Å². The number of hydrogen-bond acceptors (Lipinski definition) is 4. The van der Waals surface area contributed by atoms with Crippen LogP contribution in [0.25, 0.3) is 0 Å². The maximum Gasteiger partial charge on any atom is 0.319 e. The molecule has 134 valence electrons. The summed E-state index contributed by atoms with van der Waals surface area (Å²) < 4.78 is 16.0. The number of amides is 2. The summed E-state index contributed by atoms with van der Waals surface area (Å²) in [5, 5.41) is 5.49. The monoisotopic (exact) mass is 344 g/mol. The second-order valence-corrected chi connectivity index (χ2v) is 5.30. The van der Waals surface area contributed by atoms with Crippen molar-refractivity contribution < 1.29 is 19.0 Å². The van der Waals surface area contributed by atoms with Gasteiger partial charge in [0, 0.05) is 6.07 Å². The number of carbonyl (C=O) groups is 1. The lowest BCUT2D eigenvalue weighted by Gasteiger charge is -2.13. The molecule has 0 fully saturated rings. The molecule has 0 unspecified atom stereocenters. The van der Waals surface area contributed by atoms with Gasteiger partial charge in [0.25, 0.3) is 0 Å². The second kappa shape index (κ2) is 9.42. The highest BCUT2D eigenvalue weighted by Crippen LogP contribution is 2.28. The van der Waals surface area contributed by atoms with Crippen molar-refractivity contribution in [3.8, 4) is 17.2 Å². The van der Waals surface area contributed by atoms with Crippen molar-refractivity contribution in [2.45, 2.75) is 13.3 Å². The van der Waals surface area contributed by atoms with Gasteiger partial charge in [-0.1, -0.05) is 19.1 Å². The van der Waals surface area contributed by atoms with E-state index in [4.69, 9.17) is 14.2 Å². The van der Waals surface area contributed by atoms with Crippen LogP contribution in [-0.4, -0.2) is 33.4 Å². The van der Waals surface area contributed by atoms with Crippen molar-refractivity contribution >= 4 is 11.7 Å². The van der Waals surface area contributed by atoms with E-state index >= 15 is 0 Å². The topological polar surface area (TPSA) is 68.8 Å². The number of methoxy groups -OCH3 is 2. The summed E-state index contributed by atoms with van der Waals surface area (Å²) in [6.07, 6.45) is 0.959. The first-order valence-electron chi connectivity index (χ1n) is 8.15. The number of rotatable bonds is 8. The molecule has 0 aromatic heterocycles. The van der Waals surface area contributed by atoms with Crippen molar-refractivity contribution in [2.24, 2.45) is 0 Å². The zero-order valence-electron chi connectivity index (χ0n) is 14.8. The van der Waals surface area contributed by atoms with E-state index in [1.807, 2.05) is 18.2 Å². The third-order valence-electron chi connectivity index (χ3n) is 3.62. The van der Waals surface area contributed by atoms with Crippen molar-refractivity contribution in [3.05, 3.63) is 48.0 Å². The standard InChI is InChI=1S/C19H24N2O4/c1-4-14-6-5-7-16(12-14)25-11-10-20-19(22)21-17-13-15(23-2)8-9-18(17)24-3/h5-9,12-13H,4,10-11H2,1-3H3,(H2,20,21,22). The van der Waals surface area contributed by atoms with Gasteiger partial charge in [0.1, 0.15) is 23.9 Å². The van der Waals surface area contributed by atoms with Crippen LogP contribution in [0.15, 0.2) is 42.5 Å². The largest absolute Gasteiger partial charge is 0.497 e. The molecule has 0 spiro atoms. The highest BCUT2D eigenvalue weighted by Gasteiger charge is 2.08. The average Bonchev–Trinajstić information content (AvgIpc) is 2.65. The van der Waals surface area contributed by atoms with E-state index < -0.39 is 0 Å². The third-order valence-corrected chi connectivity index (χ3v) is 3.62. The molecule has 0 saturated heterocycles. The molecule has 0 aliphatic rings. The maximum absolute atomic E-state index is 12.0. The third kappa shape index (κ3) is 5.60. The fourth-order valence-electron chi connectivity index (χ4n) is 2.27. The number of urea groups is 1. The van der Waals surface area contributed by atoms with E-state index in [1.165, 1.54) is 5.56 Å². The van der Waals surface area contributed by atoms with Crippen LogP contribution in [0, 0.1) is 0 Å². The zero-order chi connectivity index (χ0) is 18.1. The Morgan fingerprint density at radius 2 is 1.88 bits per heavy atom. The minimum atomic E-state index is -0.336. The normalized spacial score (nSPS) is 10.0. The lowest BCUT2D eigenvalue weighted by Crippen LogP contribution is -2.32. The first kappa shape index (κ1) is 18.4. The van der Waals surface area contributed by atoms with Crippen molar-refractivity contribution in [3.63, 3.8) is 0 Å². The van der Waals surface area contributed by atoms with Gasteiger partial charge >= 0.3 is 6.03 Å². The summed E-state index contributed by atoms with van der Waals surface area (Å²) in [7, 11) is 3.11. The predicted molar refractivity (Wildman–Crippen MR) is 97.9 cm³/mol. The van der Waals surface area contributed by atoms with E-state index in [-0.39, 0.29) is 6.03 Å². The van der Waals surface area contributed by atoms with Crippen molar-refractivity contribution in [2.75, 3.05) is 32.7 Å². The quantitative estimate of drug-likeness (QED) is 0.720. The summed E-state index contributed by atoms with van der Waals surface area (Å²) in [5.74, 6) is 2.00. The van der Waals surface area contributed by atoms with Crippen LogP contribution in [0.5, 0.6) is 17.2 Å². The minimum Gasteiger partial charge on any atom is -0.497 e. The fourth-order valence-corrected chi connectivity index (χ4v) is 2.27. The van der Waals surface area contributed by atoms with Gasteiger partial charge in [-0.3, -0.25) is 0 Å². The minimum absolute atomic E-state index is 0.336. The molecule has 2 aromatic carbocycles. The number of carbonyl (C=O) groups excluding carboxylic acids is 1. The predicted octanol–water partition coefficient (Wildman–Crippen LogP) is 3.47. The fraction of sp³-hybridized carbons (Fsp3) is 0.316. The molecule has 0 radical (unpaired) electrons. The molecule has 0 aliphatic carbocycles. The van der Waals surface area contributed by atoms with Crippen LogP contribution < -0.4 is 24.8 Å². The van der Waals surface area contributed by atoms with Crippen molar-refractivity contribution in [1.82, 2.24) is 5.32 Å². The van der Waals surface area contributed by atoms with Crippen molar-refractivity contribution in [1.29, 1.82) is 0 Å². The van der Waals surface area contributed by atoms with E-state index in [9.17, 15) is 4.79 Å². The SMILES string of the molecule is CCc1cccc(OCCNC(=O)Nc2cc(OC)ccc2OC)c1. The van der Waals surface area contributed by atoms with Crippen LogP contribution in [0.1, 0.15) is 12.5 Å². The number of benzene rings is 2. The van der Waals surface area contributed by atoms with E-state index in [1.54, 1.807) is 32.4 Å². The Hall–Kier alpha value is -2.89. The van der Waals surface area contributed by atoms with Gasteiger partial charge in [0.15, 0.2) is 0 Å². The second-order valence-electron chi connectivity index (χ2n) is 5.30. The molecule has 0 heterocycles. The molecule has 0 bridgehead atoms. The van der Waals surface area contributed by atoms with Gasteiger partial charge in [-0.15, -0.1) is 0 Å². The van der Waals surface area contributed by atoms with Crippen LogP contribution >= 0.6 is 0 Å². The molecule has 2 rings (SSSR count). The number of ether oxygens (including phenoxy) is 3. The van der Waals surface area contributed by atoms with Crippen LogP contribution in [0.3, 0.4) is 0 Å². The molecule has 0 saturated carbocycles. The smallest absolute Gasteiger partial charge is 0.319 e. The Morgan fingerprint density at radius 1 is 1.04 bits per heavy atom. The summed E-state index contributed by atoms with van der Waals surface area (Å²) >= 11 is 0. The molecular weight excluding hydrogens is 320 g/mol. The molecule has 2 amide bonds. The molecule has 25 heavy (non-hydrogen) atoms. The first-order chi connectivity index (χ1) is 12.2. The van der Waals surface area contributed by atoms with Gasteiger partial charge in [0.05, 0.1) is 26.5 Å². The van der Waals surface area contributed by atoms with Gasteiger partial charge in [-0.2, -0.15) is 0 Å². The first-order valence-corrected chi connectivity index (χ1v) is 8.15. The van der Waals surface area contributed by atoms with Gasteiger partial charge in [0.2, 0.25) is 0 Å². The van der Waals surface area contributed by atoms with Crippen LogP contribution in [0.2, 0.25) is 0 Å². The Bertz CT molecular complexity index is 704. The molecule has 6 heteroatoms. The molecule has 0 atom stereocenters. The summed E-state index contributed by atoms with van der Waals surface area (Å²) in [5.41, 5.74) is 1.75. The average molecular weight is 344 g/mol. The van der Waals surface area contributed by atoms with E-state index in [0.717, 1.165) is 12.2 Å². The Balaban J connectivity index is 1.80. The summed E-state index contributed by atoms with van der Waals surface area (Å²) in [6, 6.07) is 12.8. The van der Waals surface area contributed by atoms with Crippen LogP contribution in [0.4, 0.5) is 10.5 Å². The van der Waals surface area contributed by atoms with Gasteiger partial charge < -0.3 is 24.8 Å². The molecule has 2 aromatic rings. The maximum atomic E-state index is 12.0. The molecule has 2 N–H and O–H groups in total. The highest BCUT2D eigenvalue weighted by molar-refractivity contribution is 5.91. The Morgan fingerprint density at radius 3 is 2.60 bits per heavy atom.